The van der Waals surface area contributed by atoms with Crippen LogP contribution in [-0.4, -0.2) is 49.7 Å². The van der Waals surface area contributed by atoms with E-state index in [9.17, 15) is 4.79 Å². The monoisotopic (exact) mass is 302 g/mol. The van der Waals surface area contributed by atoms with Gasteiger partial charge >= 0.3 is 5.97 Å². The second kappa shape index (κ2) is 5.65. The number of nitrogens with one attached hydrogen (secondary N) is 1. The number of fused-ring (bicyclic) bond motifs is 2. The number of carbonyl (C=O) groups is 1. The molecule has 0 aromatic heterocycles. The maximum atomic E-state index is 11.7. The number of cyclic esters (lactones) is 1. The Morgan fingerprint density at radius 3 is 3.18 bits per heavy atom. The highest BCUT2D eigenvalue weighted by atomic mass is 16.5. The minimum atomic E-state index is -0.200. The summed E-state index contributed by atoms with van der Waals surface area (Å²) in [6, 6.07) is 4.53. The van der Waals surface area contributed by atoms with Crippen LogP contribution in [0.4, 0.5) is 0 Å². The lowest BCUT2D eigenvalue weighted by atomic mass is 9.95. The van der Waals surface area contributed by atoms with E-state index in [1.807, 2.05) is 12.1 Å². The average molecular weight is 302 g/mol. The fourth-order valence-electron chi connectivity index (χ4n) is 3.84. The van der Waals surface area contributed by atoms with Crippen molar-refractivity contribution in [2.24, 2.45) is 0 Å². The summed E-state index contributed by atoms with van der Waals surface area (Å²) in [4.78, 5) is 14.2. The Morgan fingerprint density at radius 2 is 2.27 bits per heavy atom. The summed E-state index contributed by atoms with van der Waals surface area (Å²) in [6.45, 7) is 7.39. The molecule has 2 atom stereocenters. The summed E-state index contributed by atoms with van der Waals surface area (Å²) in [6.07, 6.45) is 1.17. The van der Waals surface area contributed by atoms with E-state index in [2.05, 4.69) is 17.1 Å². The molecule has 3 aliphatic heterocycles. The van der Waals surface area contributed by atoms with Crippen molar-refractivity contribution in [3.63, 3.8) is 0 Å². The van der Waals surface area contributed by atoms with E-state index < -0.39 is 0 Å². The van der Waals surface area contributed by atoms with E-state index in [0.717, 1.165) is 55.9 Å². The van der Waals surface area contributed by atoms with E-state index in [-0.39, 0.29) is 12.1 Å². The summed E-state index contributed by atoms with van der Waals surface area (Å²) in [7, 11) is 0. The summed E-state index contributed by atoms with van der Waals surface area (Å²) in [5.74, 6) is -0.200. The van der Waals surface area contributed by atoms with Gasteiger partial charge in [-0.2, -0.15) is 0 Å². The Balaban J connectivity index is 1.63. The molecule has 5 nitrogen and oxygen atoms in total. The highest BCUT2D eigenvalue weighted by molar-refractivity contribution is 5.93. The Hall–Kier alpha value is -1.43. The summed E-state index contributed by atoms with van der Waals surface area (Å²) < 4.78 is 11.3. The number of esters is 1. The molecule has 2 unspecified atom stereocenters. The van der Waals surface area contributed by atoms with Crippen LogP contribution < -0.4 is 5.32 Å². The lowest BCUT2D eigenvalue weighted by molar-refractivity contribution is 0.0509. The molecule has 22 heavy (non-hydrogen) atoms. The SMILES string of the molecule is Cc1c(C2CN3CCNCC3CCO2)ccc2c1COC2=O. The fraction of sp³-hybridized carbons (Fsp3) is 0.588. The zero-order valence-corrected chi connectivity index (χ0v) is 12.9. The molecule has 1 aromatic carbocycles. The van der Waals surface area contributed by atoms with Gasteiger partial charge in [0.05, 0.1) is 11.7 Å². The smallest absolute Gasteiger partial charge is 0.338 e. The lowest BCUT2D eigenvalue weighted by Crippen LogP contribution is -2.51. The van der Waals surface area contributed by atoms with Crippen molar-refractivity contribution in [2.45, 2.75) is 32.1 Å². The quantitative estimate of drug-likeness (QED) is 0.795. The molecule has 0 amide bonds. The van der Waals surface area contributed by atoms with Crippen LogP contribution in [0.15, 0.2) is 12.1 Å². The molecule has 2 saturated heterocycles. The van der Waals surface area contributed by atoms with E-state index >= 15 is 0 Å². The van der Waals surface area contributed by atoms with Crippen molar-refractivity contribution >= 4 is 5.97 Å². The Kier molecular flexibility index (Phi) is 3.64. The van der Waals surface area contributed by atoms with Crippen molar-refractivity contribution in [3.05, 3.63) is 34.4 Å². The van der Waals surface area contributed by atoms with Crippen LogP contribution in [0.2, 0.25) is 0 Å². The molecule has 1 N–H and O–H groups in total. The zero-order valence-electron chi connectivity index (χ0n) is 12.9. The van der Waals surface area contributed by atoms with E-state index in [1.165, 1.54) is 5.56 Å². The molecular formula is C17H22N2O3. The molecule has 118 valence electrons. The van der Waals surface area contributed by atoms with Crippen molar-refractivity contribution in [3.8, 4) is 0 Å². The third kappa shape index (κ3) is 2.33. The molecule has 0 saturated carbocycles. The molecule has 2 fully saturated rings. The third-order valence-corrected chi connectivity index (χ3v) is 5.20. The number of hydrogen-bond donors (Lipinski definition) is 1. The van der Waals surface area contributed by atoms with Crippen molar-refractivity contribution in [1.82, 2.24) is 10.2 Å². The fourth-order valence-corrected chi connectivity index (χ4v) is 3.84. The molecular weight excluding hydrogens is 280 g/mol. The summed E-state index contributed by atoms with van der Waals surface area (Å²) in [5, 5.41) is 3.47. The van der Waals surface area contributed by atoms with Gasteiger partial charge in [-0.25, -0.2) is 4.79 Å². The van der Waals surface area contributed by atoms with Gasteiger partial charge in [0.15, 0.2) is 0 Å². The molecule has 3 aliphatic rings. The largest absolute Gasteiger partial charge is 0.457 e. The highest BCUT2D eigenvalue weighted by Gasteiger charge is 2.31. The summed E-state index contributed by atoms with van der Waals surface area (Å²) in [5.41, 5.74) is 4.11. The first-order valence-electron chi connectivity index (χ1n) is 8.10. The Bertz CT molecular complexity index is 602. The number of hydrogen-bond acceptors (Lipinski definition) is 5. The molecule has 1 aromatic rings. The standard InChI is InChI=1S/C17H22N2O3/c1-11-13(2-3-14-15(11)10-22-17(14)20)16-9-19-6-5-18-8-12(19)4-7-21-16/h2-3,12,16,18H,4-10H2,1H3. The Morgan fingerprint density at radius 1 is 1.36 bits per heavy atom. The molecule has 0 bridgehead atoms. The van der Waals surface area contributed by atoms with Crippen LogP contribution >= 0.6 is 0 Å². The molecule has 5 heteroatoms. The zero-order chi connectivity index (χ0) is 15.1. The number of benzene rings is 1. The summed E-state index contributed by atoms with van der Waals surface area (Å²) >= 11 is 0. The highest BCUT2D eigenvalue weighted by Crippen LogP contribution is 2.32. The maximum Gasteiger partial charge on any atom is 0.338 e. The van der Waals surface area contributed by atoms with Crippen LogP contribution in [-0.2, 0) is 16.1 Å². The van der Waals surface area contributed by atoms with Gasteiger partial charge in [-0.3, -0.25) is 4.90 Å². The topological polar surface area (TPSA) is 50.8 Å². The van der Waals surface area contributed by atoms with Gasteiger partial charge in [-0.1, -0.05) is 6.07 Å². The lowest BCUT2D eigenvalue weighted by Gasteiger charge is -2.35. The van der Waals surface area contributed by atoms with Gasteiger partial charge in [-0.05, 0) is 30.5 Å². The van der Waals surface area contributed by atoms with Gasteiger partial charge in [0, 0.05) is 44.4 Å². The molecule has 4 rings (SSSR count). The van der Waals surface area contributed by atoms with E-state index in [0.29, 0.717) is 12.6 Å². The van der Waals surface area contributed by atoms with Gasteiger partial charge in [-0.15, -0.1) is 0 Å². The first-order chi connectivity index (χ1) is 10.7. The van der Waals surface area contributed by atoms with Gasteiger partial charge in [0.2, 0.25) is 0 Å². The van der Waals surface area contributed by atoms with Gasteiger partial charge in [0.1, 0.15) is 6.61 Å². The predicted molar refractivity (Wildman–Crippen MR) is 81.8 cm³/mol. The number of ether oxygens (including phenoxy) is 2. The van der Waals surface area contributed by atoms with Crippen LogP contribution in [0.3, 0.4) is 0 Å². The van der Waals surface area contributed by atoms with Crippen LogP contribution in [0, 0.1) is 6.92 Å². The second-order valence-corrected chi connectivity index (χ2v) is 6.38. The molecule has 0 radical (unpaired) electrons. The van der Waals surface area contributed by atoms with Crippen LogP contribution in [0.5, 0.6) is 0 Å². The van der Waals surface area contributed by atoms with Crippen LogP contribution in [0.1, 0.15) is 39.6 Å². The van der Waals surface area contributed by atoms with Crippen molar-refractivity contribution in [1.29, 1.82) is 0 Å². The number of nitrogens with zero attached hydrogens (tertiary/aromatic N) is 1. The first kappa shape index (κ1) is 14.2. The molecule has 0 aliphatic carbocycles. The minimum absolute atomic E-state index is 0.0871. The van der Waals surface area contributed by atoms with Gasteiger partial charge in [0.25, 0.3) is 0 Å². The number of rotatable bonds is 1. The third-order valence-electron chi connectivity index (χ3n) is 5.20. The normalized spacial score (nSPS) is 28.7. The molecule has 3 heterocycles. The first-order valence-corrected chi connectivity index (χ1v) is 8.10. The van der Waals surface area contributed by atoms with Gasteiger partial charge < -0.3 is 14.8 Å². The van der Waals surface area contributed by atoms with Crippen molar-refractivity contribution < 1.29 is 14.3 Å². The number of carbonyl (C=O) groups excluding carboxylic acids is 1. The second-order valence-electron chi connectivity index (χ2n) is 6.38. The average Bonchev–Trinajstić information content (AvgIpc) is 2.79. The Labute approximate surface area is 130 Å². The maximum absolute atomic E-state index is 11.7. The number of piperazine rings is 1. The van der Waals surface area contributed by atoms with E-state index in [4.69, 9.17) is 9.47 Å². The predicted octanol–water partition coefficient (Wildman–Crippen LogP) is 1.40. The molecule has 0 spiro atoms. The van der Waals surface area contributed by atoms with Crippen molar-refractivity contribution in [2.75, 3.05) is 32.8 Å². The van der Waals surface area contributed by atoms with E-state index in [1.54, 1.807) is 0 Å². The minimum Gasteiger partial charge on any atom is -0.457 e. The van der Waals surface area contributed by atoms with Crippen LogP contribution in [0.25, 0.3) is 0 Å².